The minimum atomic E-state index is 0. The predicted octanol–water partition coefficient (Wildman–Crippen LogP) is 18.0. The highest BCUT2D eigenvalue weighted by atomic mass is 15.2. The molecule has 6 aliphatic rings. The standard InChI is InChI=1S/C9H18.C9H12.C8H17N.3C8H16.C7H16N2.2CH4/c2*1-3-9-6-4-8(2)5-7-9;1-3-8-4-6-9(2)7-5-8;3*1-2-8-6-4-3-5-7-8;1-3-9-6-4-8(2)5-7-9;;/h8-9H,3-7H2,1-2H3;4-7H,3H2,1-2H3;8H,3-7H2,1-2H3;3*8H,2-7H2,1H3;3-7H2,1-2H3;2*1H4. The Hall–Kier alpha value is -0.900. The van der Waals surface area contributed by atoms with Gasteiger partial charge in [-0.1, -0.05) is 254 Å². The van der Waals surface area contributed by atoms with Crippen molar-refractivity contribution in [3.8, 4) is 0 Å². The third-order valence-corrected chi connectivity index (χ3v) is 15.6. The maximum Gasteiger partial charge on any atom is 0.0110 e. The van der Waals surface area contributed by atoms with Gasteiger partial charge in [-0.05, 0) is 101 Å². The van der Waals surface area contributed by atoms with Gasteiger partial charge in [-0.25, -0.2) is 0 Å². The van der Waals surface area contributed by atoms with Crippen LogP contribution in [0.3, 0.4) is 0 Å². The molecule has 0 amide bonds. The number of nitrogens with zero attached hydrogens (tertiary/aromatic N) is 3. The van der Waals surface area contributed by atoms with Crippen LogP contribution in [0.5, 0.6) is 0 Å². The average Bonchev–Trinajstić information content (AvgIpc) is 3.32. The number of piperidine rings is 1. The minimum absolute atomic E-state index is 0. The molecular formula is C59H119N3. The van der Waals surface area contributed by atoms with E-state index in [0.29, 0.717) is 0 Å². The summed E-state index contributed by atoms with van der Waals surface area (Å²) >= 11 is 0. The number of piperazine rings is 1. The van der Waals surface area contributed by atoms with Crippen LogP contribution in [0.2, 0.25) is 0 Å². The molecule has 7 rings (SSSR count). The Balaban J connectivity index is 0. The fourth-order valence-corrected chi connectivity index (χ4v) is 9.98. The van der Waals surface area contributed by atoms with Crippen LogP contribution in [0.4, 0.5) is 0 Å². The van der Waals surface area contributed by atoms with Crippen molar-refractivity contribution >= 4 is 0 Å². The molecule has 0 spiro atoms. The van der Waals surface area contributed by atoms with E-state index in [-0.39, 0.29) is 14.9 Å². The van der Waals surface area contributed by atoms with Crippen molar-refractivity contribution < 1.29 is 0 Å². The highest BCUT2D eigenvalue weighted by Crippen LogP contribution is 2.30. The fourth-order valence-electron chi connectivity index (χ4n) is 9.98. The third kappa shape index (κ3) is 33.6. The molecule has 3 heteroatoms. The molecule has 2 saturated heterocycles. The Morgan fingerprint density at radius 1 is 0.403 bits per heavy atom. The molecule has 0 atom stereocenters. The Morgan fingerprint density at radius 3 is 1.03 bits per heavy atom. The first-order valence-electron chi connectivity index (χ1n) is 27.3. The molecule has 0 aromatic heterocycles. The minimum Gasteiger partial charge on any atom is -0.306 e. The molecule has 62 heavy (non-hydrogen) atoms. The van der Waals surface area contributed by atoms with Crippen molar-refractivity contribution in [3.63, 3.8) is 0 Å². The molecule has 4 aliphatic carbocycles. The molecule has 370 valence electrons. The van der Waals surface area contributed by atoms with E-state index in [1.54, 1.807) is 0 Å². The van der Waals surface area contributed by atoms with Crippen molar-refractivity contribution in [1.82, 2.24) is 14.7 Å². The van der Waals surface area contributed by atoms with Gasteiger partial charge in [-0.3, -0.25) is 0 Å². The van der Waals surface area contributed by atoms with E-state index >= 15 is 0 Å². The van der Waals surface area contributed by atoms with Gasteiger partial charge in [0.05, 0.1) is 0 Å². The summed E-state index contributed by atoms with van der Waals surface area (Å²) in [5, 5.41) is 0. The predicted molar refractivity (Wildman–Crippen MR) is 286 cm³/mol. The van der Waals surface area contributed by atoms with Crippen LogP contribution in [-0.2, 0) is 6.42 Å². The Morgan fingerprint density at radius 2 is 0.726 bits per heavy atom. The summed E-state index contributed by atoms with van der Waals surface area (Å²) in [7, 11) is 4.40. The maximum atomic E-state index is 2.49. The van der Waals surface area contributed by atoms with Gasteiger partial charge in [0.25, 0.3) is 0 Å². The Bertz CT molecular complexity index is 901. The molecule has 1 aromatic rings. The van der Waals surface area contributed by atoms with Gasteiger partial charge in [0, 0.05) is 26.2 Å². The normalized spacial score (nSPS) is 23.0. The number of aryl methyl sites for hydroxylation is 2. The second-order valence-electron chi connectivity index (χ2n) is 20.5. The fraction of sp³-hybridized carbons (Fsp3) is 0.898. The quantitative estimate of drug-likeness (QED) is 0.270. The first-order chi connectivity index (χ1) is 29.1. The van der Waals surface area contributed by atoms with E-state index in [9.17, 15) is 0 Å². The Kier molecular flexibility index (Phi) is 43.5. The van der Waals surface area contributed by atoms with E-state index in [1.807, 2.05) is 0 Å². The smallest absolute Gasteiger partial charge is 0.0110 e. The second-order valence-corrected chi connectivity index (χ2v) is 20.5. The van der Waals surface area contributed by atoms with E-state index in [4.69, 9.17) is 0 Å². The third-order valence-electron chi connectivity index (χ3n) is 15.6. The summed E-state index contributed by atoms with van der Waals surface area (Å²) in [4.78, 5) is 7.29. The van der Waals surface area contributed by atoms with Gasteiger partial charge < -0.3 is 14.7 Å². The van der Waals surface area contributed by atoms with Gasteiger partial charge in [-0.2, -0.15) is 0 Å². The SMILES string of the molecule is C.C.CCC1CCC(C)CC1.CCC1CCCCC1.CCC1CCCCC1.CCC1CCCCC1.CCC1CCN(C)CC1.CCN1CCN(C)CC1.CCc1ccc(C)cc1. The maximum absolute atomic E-state index is 2.49. The molecule has 0 N–H and O–H groups in total. The van der Waals surface area contributed by atoms with Gasteiger partial charge in [0.1, 0.15) is 0 Å². The molecule has 2 aliphatic heterocycles. The summed E-state index contributed by atoms with van der Waals surface area (Å²) in [6, 6.07) is 8.66. The molecule has 0 radical (unpaired) electrons. The Labute approximate surface area is 394 Å². The van der Waals surface area contributed by atoms with Crippen LogP contribution in [0.15, 0.2) is 24.3 Å². The molecule has 0 unspecified atom stereocenters. The van der Waals surface area contributed by atoms with Crippen molar-refractivity contribution in [3.05, 3.63) is 35.4 Å². The molecule has 4 saturated carbocycles. The van der Waals surface area contributed by atoms with Crippen LogP contribution in [0, 0.1) is 42.4 Å². The van der Waals surface area contributed by atoms with Crippen LogP contribution in [-0.4, -0.2) is 74.6 Å². The first-order valence-corrected chi connectivity index (χ1v) is 27.3. The summed E-state index contributed by atoms with van der Waals surface area (Å²) in [5.41, 5.74) is 2.76. The molecule has 1 aromatic carbocycles. The van der Waals surface area contributed by atoms with Gasteiger partial charge in [0.2, 0.25) is 0 Å². The van der Waals surface area contributed by atoms with Crippen molar-refractivity contribution in [2.24, 2.45) is 35.5 Å². The van der Waals surface area contributed by atoms with E-state index in [2.05, 4.69) is 115 Å². The number of rotatable bonds is 7. The topological polar surface area (TPSA) is 9.72 Å². The van der Waals surface area contributed by atoms with Crippen molar-refractivity contribution in [1.29, 1.82) is 0 Å². The second kappa shape index (κ2) is 42.7. The van der Waals surface area contributed by atoms with Gasteiger partial charge in [-0.15, -0.1) is 0 Å². The molecule has 2 heterocycles. The zero-order valence-electron chi connectivity index (χ0n) is 43.2. The number of hydrogen-bond donors (Lipinski definition) is 0. The van der Waals surface area contributed by atoms with Crippen LogP contribution < -0.4 is 0 Å². The van der Waals surface area contributed by atoms with E-state index in [1.165, 1.54) is 224 Å². The molecule has 6 fully saturated rings. The summed E-state index contributed by atoms with van der Waals surface area (Å²) in [6.45, 7) is 29.3. The van der Waals surface area contributed by atoms with E-state index in [0.717, 1.165) is 41.9 Å². The number of likely N-dealkylation sites (tertiary alicyclic amines) is 1. The first kappa shape index (κ1) is 63.2. The van der Waals surface area contributed by atoms with Crippen molar-refractivity contribution in [2.75, 3.05) is 59.9 Å². The highest BCUT2D eigenvalue weighted by Gasteiger charge is 2.16. The monoisotopic (exact) mass is 870 g/mol. The molecule has 3 nitrogen and oxygen atoms in total. The lowest BCUT2D eigenvalue weighted by atomic mass is 9.82. The zero-order valence-corrected chi connectivity index (χ0v) is 43.2. The van der Waals surface area contributed by atoms with Gasteiger partial charge >= 0.3 is 0 Å². The lowest BCUT2D eigenvalue weighted by molar-refractivity contribution is 0.160. The largest absolute Gasteiger partial charge is 0.306 e. The van der Waals surface area contributed by atoms with Crippen LogP contribution in [0.1, 0.15) is 248 Å². The summed E-state index contributed by atoms with van der Waals surface area (Å²) in [5.74, 6) is 6.38. The number of benzene rings is 1. The average molecular weight is 871 g/mol. The zero-order chi connectivity index (χ0) is 44.2. The molecule has 0 bridgehead atoms. The van der Waals surface area contributed by atoms with Crippen LogP contribution >= 0.6 is 0 Å². The summed E-state index contributed by atoms with van der Waals surface area (Å²) in [6.07, 6.45) is 39.5. The lowest BCUT2D eigenvalue weighted by Crippen LogP contribution is -2.44. The highest BCUT2D eigenvalue weighted by molar-refractivity contribution is 5.20. The van der Waals surface area contributed by atoms with Crippen molar-refractivity contribution in [2.45, 2.75) is 251 Å². The summed E-state index contributed by atoms with van der Waals surface area (Å²) < 4.78 is 0. The van der Waals surface area contributed by atoms with E-state index < -0.39 is 0 Å². The number of likely N-dealkylation sites (N-methyl/N-ethyl adjacent to an activating group) is 2. The molecular weight excluding hydrogens is 751 g/mol. The van der Waals surface area contributed by atoms with Crippen LogP contribution in [0.25, 0.3) is 0 Å². The lowest BCUT2D eigenvalue weighted by Gasteiger charge is -2.31. The number of hydrogen-bond acceptors (Lipinski definition) is 3. The van der Waals surface area contributed by atoms with Gasteiger partial charge in [0.15, 0.2) is 0 Å².